The highest BCUT2D eigenvalue weighted by Gasteiger charge is 2.32. The predicted molar refractivity (Wildman–Crippen MR) is 55.1 cm³/mol. The van der Waals surface area contributed by atoms with Crippen molar-refractivity contribution in [3.8, 4) is 0 Å². The largest absolute Gasteiger partial charge is 0.392 e. The molecule has 1 heterocycles. The third-order valence-electron chi connectivity index (χ3n) is 2.46. The van der Waals surface area contributed by atoms with Crippen molar-refractivity contribution in [2.24, 2.45) is 0 Å². The Morgan fingerprint density at radius 1 is 1.20 bits per heavy atom. The van der Waals surface area contributed by atoms with Crippen LogP contribution in [0.15, 0.2) is 0 Å². The zero-order chi connectivity index (χ0) is 11.6. The molecule has 15 heavy (non-hydrogen) atoms. The Hall–Kier alpha value is -0.940. The van der Waals surface area contributed by atoms with E-state index in [4.69, 9.17) is 5.11 Å². The van der Waals surface area contributed by atoms with Crippen molar-refractivity contribution < 1.29 is 14.7 Å². The number of amides is 2. The van der Waals surface area contributed by atoms with E-state index in [1.807, 2.05) is 18.7 Å². The van der Waals surface area contributed by atoms with Crippen molar-refractivity contribution in [3.63, 3.8) is 0 Å². The molecule has 0 bridgehead atoms. The average Bonchev–Trinajstić information content (AvgIpc) is 2.10. The van der Waals surface area contributed by atoms with E-state index >= 15 is 0 Å². The minimum absolute atomic E-state index is 0.101. The van der Waals surface area contributed by atoms with Gasteiger partial charge in [0.2, 0.25) is 11.8 Å². The van der Waals surface area contributed by atoms with Gasteiger partial charge in [0.15, 0.2) is 0 Å². The molecule has 1 fully saturated rings. The van der Waals surface area contributed by atoms with Gasteiger partial charge < -0.3 is 5.11 Å². The molecule has 86 valence electrons. The van der Waals surface area contributed by atoms with Gasteiger partial charge in [-0.3, -0.25) is 19.4 Å². The molecule has 0 aromatic rings. The first-order chi connectivity index (χ1) is 6.91. The number of nitrogens with zero attached hydrogens (tertiary/aromatic N) is 2. The minimum atomic E-state index is -0.663. The van der Waals surface area contributed by atoms with Crippen LogP contribution in [0.4, 0.5) is 0 Å². The summed E-state index contributed by atoms with van der Waals surface area (Å²) in [6.45, 7) is 6.08. The molecule has 0 saturated carbocycles. The van der Waals surface area contributed by atoms with Crippen LogP contribution in [-0.2, 0) is 9.59 Å². The lowest BCUT2D eigenvalue weighted by molar-refractivity contribution is -0.153. The van der Waals surface area contributed by atoms with Gasteiger partial charge in [0, 0.05) is 6.04 Å². The van der Waals surface area contributed by atoms with Gasteiger partial charge in [0.05, 0.1) is 25.7 Å². The average molecular weight is 214 g/mol. The maximum Gasteiger partial charge on any atom is 0.243 e. The number of carbonyl (C=O) groups excluding carboxylic acids is 2. The summed E-state index contributed by atoms with van der Waals surface area (Å²) in [5, 5.41) is 9.16. The van der Waals surface area contributed by atoms with Gasteiger partial charge >= 0.3 is 0 Å². The number of hydrogen-bond donors (Lipinski definition) is 1. The van der Waals surface area contributed by atoms with Gasteiger partial charge in [-0.25, -0.2) is 0 Å². The lowest BCUT2D eigenvalue weighted by Crippen LogP contribution is -2.56. The van der Waals surface area contributed by atoms with Gasteiger partial charge in [-0.15, -0.1) is 0 Å². The zero-order valence-corrected chi connectivity index (χ0v) is 9.43. The van der Waals surface area contributed by atoms with Crippen molar-refractivity contribution in [2.45, 2.75) is 32.9 Å². The van der Waals surface area contributed by atoms with Crippen LogP contribution in [-0.4, -0.2) is 58.5 Å². The quantitative estimate of drug-likeness (QED) is 0.640. The summed E-state index contributed by atoms with van der Waals surface area (Å²) in [7, 11) is 0. The Kier molecular flexibility index (Phi) is 3.82. The van der Waals surface area contributed by atoms with Crippen molar-refractivity contribution in [3.05, 3.63) is 0 Å². The van der Waals surface area contributed by atoms with Crippen LogP contribution in [0.5, 0.6) is 0 Å². The number of aliphatic hydroxyl groups excluding tert-OH is 1. The number of piperazine rings is 1. The van der Waals surface area contributed by atoms with Crippen LogP contribution >= 0.6 is 0 Å². The first kappa shape index (κ1) is 12.1. The molecule has 1 aliphatic rings. The van der Waals surface area contributed by atoms with Crippen LogP contribution in [0.2, 0.25) is 0 Å². The van der Waals surface area contributed by atoms with Crippen LogP contribution in [0.3, 0.4) is 0 Å². The van der Waals surface area contributed by atoms with E-state index in [0.717, 1.165) is 4.90 Å². The summed E-state index contributed by atoms with van der Waals surface area (Å²) in [4.78, 5) is 26.2. The Labute approximate surface area is 89.7 Å². The van der Waals surface area contributed by atoms with Crippen molar-refractivity contribution in [1.29, 1.82) is 0 Å². The second kappa shape index (κ2) is 4.72. The zero-order valence-electron chi connectivity index (χ0n) is 9.43. The van der Waals surface area contributed by atoms with E-state index in [1.165, 1.54) is 0 Å². The number of hydrogen-bond acceptors (Lipinski definition) is 4. The number of β-amino-alcohol motifs (C(OH)–C–C–N with tert-alkyl or cyclic N) is 1. The molecule has 1 atom stereocenters. The molecule has 0 radical (unpaired) electrons. The second-order valence-electron chi connectivity index (χ2n) is 4.25. The molecule has 0 spiro atoms. The van der Waals surface area contributed by atoms with Crippen molar-refractivity contribution in [2.75, 3.05) is 19.6 Å². The van der Waals surface area contributed by atoms with Crippen molar-refractivity contribution in [1.82, 2.24) is 9.80 Å². The van der Waals surface area contributed by atoms with E-state index in [0.29, 0.717) is 0 Å². The minimum Gasteiger partial charge on any atom is -0.392 e. The molecule has 5 nitrogen and oxygen atoms in total. The molecule has 1 N–H and O–H groups in total. The number of rotatable bonds is 3. The van der Waals surface area contributed by atoms with Gasteiger partial charge in [0.1, 0.15) is 0 Å². The highest BCUT2D eigenvalue weighted by molar-refractivity contribution is 5.99. The third-order valence-corrected chi connectivity index (χ3v) is 2.46. The fourth-order valence-electron chi connectivity index (χ4n) is 1.55. The fraction of sp³-hybridized carbons (Fsp3) is 0.800. The van der Waals surface area contributed by atoms with Gasteiger partial charge in [-0.05, 0) is 20.8 Å². The highest BCUT2D eigenvalue weighted by atomic mass is 16.3. The van der Waals surface area contributed by atoms with E-state index in [-0.39, 0.29) is 37.5 Å². The van der Waals surface area contributed by atoms with Gasteiger partial charge in [0.25, 0.3) is 0 Å². The Balaban J connectivity index is 2.65. The third kappa shape index (κ3) is 3.00. The Morgan fingerprint density at radius 3 is 2.00 bits per heavy atom. The Bertz CT molecular complexity index is 245. The molecule has 0 aromatic heterocycles. The van der Waals surface area contributed by atoms with Crippen LogP contribution in [0.25, 0.3) is 0 Å². The maximum absolute atomic E-state index is 11.6. The number of aliphatic hydroxyl groups is 1. The maximum atomic E-state index is 11.6. The summed E-state index contributed by atoms with van der Waals surface area (Å²) in [6, 6.07) is 0.187. The van der Waals surface area contributed by atoms with Crippen LogP contribution in [0, 0.1) is 0 Å². The molecule has 0 aromatic carbocycles. The molecule has 1 unspecified atom stereocenters. The van der Waals surface area contributed by atoms with E-state index < -0.39 is 6.10 Å². The highest BCUT2D eigenvalue weighted by Crippen LogP contribution is 2.08. The first-order valence-electron chi connectivity index (χ1n) is 5.17. The summed E-state index contributed by atoms with van der Waals surface area (Å²) >= 11 is 0. The van der Waals surface area contributed by atoms with Gasteiger partial charge in [-0.1, -0.05) is 0 Å². The number of imide groups is 1. The smallest absolute Gasteiger partial charge is 0.243 e. The summed E-state index contributed by atoms with van der Waals surface area (Å²) in [5.41, 5.74) is 0. The SMILES string of the molecule is CC(O)CN1C(=O)CN(C(C)C)CC1=O. The van der Waals surface area contributed by atoms with Crippen molar-refractivity contribution >= 4 is 11.8 Å². The normalized spacial score (nSPS) is 21.3. The molecule has 2 amide bonds. The van der Waals surface area contributed by atoms with Crippen LogP contribution in [0.1, 0.15) is 20.8 Å². The standard InChI is InChI=1S/C10H18N2O3/c1-7(2)11-5-9(14)12(4-8(3)13)10(15)6-11/h7-8,13H,4-6H2,1-3H3. The molecule has 0 aliphatic carbocycles. The topological polar surface area (TPSA) is 60.9 Å². The first-order valence-corrected chi connectivity index (χ1v) is 5.17. The summed E-state index contributed by atoms with van der Waals surface area (Å²) in [5.74, 6) is -0.443. The lowest BCUT2D eigenvalue weighted by Gasteiger charge is -2.35. The molecule has 1 saturated heterocycles. The molecule has 1 rings (SSSR count). The monoisotopic (exact) mass is 214 g/mol. The second-order valence-corrected chi connectivity index (χ2v) is 4.25. The molecule has 1 aliphatic heterocycles. The summed E-state index contributed by atoms with van der Waals surface area (Å²) < 4.78 is 0. The molecule has 5 heteroatoms. The summed E-state index contributed by atoms with van der Waals surface area (Å²) in [6.07, 6.45) is -0.663. The van der Waals surface area contributed by atoms with Crippen LogP contribution < -0.4 is 0 Å². The van der Waals surface area contributed by atoms with E-state index in [2.05, 4.69) is 0 Å². The van der Waals surface area contributed by atoms with E-state index in [9.17, 15) is 9.59 Å². The molecular formula is C10H18N2O3. The fourth-order valence-corrected chi connectivity index (χ4v) is 1.55. The Morgan fingerprint density at radius 2 is 1.67 bits per heavy atom. The van der Waals surface area contributed by atoms with Gasteiger partial charge in [-0.2, -0.15) is 0 Å². The number of carbonyl (C=O) groups is 2. The molecular weight excluding hydrogens is 196 g/mol. The van der Waals surface area contributed by atoms with E-state index in [1.54, 1.807) is 6.92 Å². The lowest BCUT2D eigenvalue weighted by atomic mass is 10.2. The predicted octanol–water partition coefficient (Wildman–Crippen LogP) is -0.554.